The van der Waals surface area contributed by atoms with E-state index in [1.54, 1.807) is 12.1 Å². The lowest BCUT2D eigenvalue weighted by atomic mass is 10.1. The third-order valence-electron chi connectivity index (χ3n) is 2.49. The number of rotatable bonds is 6. The Hall–Kier alpha value is -1.34. The smallest absolute Gasteiger partial charge is 0.326 e. The second-order valence-corrected chi connectivity index (χ2v) is 3.93. The highest BCUT2D eigenvalue weighted by atomic mass is 35.5. The number of benzene rings is 1. The zero-order chi connectivity index (χ0) is 13.5. The van der Waals surface area contributed by atoms with E-state index in [1.165, 1.54) is 0 Å². The van der Waals surface area contributed by atoms with Crippen LogP contribution in [0.15, 0.2) is 30.3 Å². The number of amides is 1. The summed E-state index contributed by atoms with van der Waals surface area (Å²) >= 11 is 0. The van der Waals surface area contributed by atoms with E-state index < -0.39 is 24.0 Å². The van der Waals surface area contributed by atoms with Gasteiger partial charge < -0.3 is 21.9 Å². The number of carbonyl (C=O) groups excluding carboxylic acids is 1. The second-order valence-electron chi connectivity index (χ2n) is 3.93. The Balaban J connectivity index is 0. The summed E-state index contributed by atoms with van der Waals surface area (Å²) in [7, 11) is 0. The summed E-state index contributed by atoms with van der Waals surface area (Å²) in [6.45, 7) is -0.0243. The van der Waals surface area contributed by atoms with Crippen molar-refractivity contribution in [2.45, 2.75) is 18.5 Å². The van der Waals surface area contributed by atoms with Gasteiger partial charge in [0.25, 0.3) is 0 Å². The van der Waals surface area contributed by atoms with Crippen molar-refractivity contribution in [3.63, 3.8) is 0 Å². The first-order valence-corrected chi connectivity index (χ1v) is 5.57. The standard InChI is InChI=1S/C12H17N3O3.2ClH/c13-7-9(14)11(16)15-10(12(17)18)6-8-4-2-1-3-5-8;;/h1-5,9-10H,6-7,13-14H2,(H,15,16)(H,17,18);2*1H/t9-,10+;;/m1../s1. The molecule has 0 spiro atoms. The number of carboxylic acids is 1. The Kier molecular flexibility index (Phi) is 11.0. The summed E-state index contributed by atoms with van der Waals surface area (Å²) in [5.41, 5.74) is 11.5. The highest BCUT2D eigenvalue weighted by molar-refractivity contribution is 5.87. The Morgan fingerprint density at radius 2 is 1.75 bits per heavy atom. The molecule has 0 saturated heterocycles. The molecule has 0 unspecified atom stereocenters. The van der Waals surface area contributed by atoms with Crippen molar-refractivity contribution >= 4 is 36.7 Å². The first kappa shape index (κ1) is 21.0. The summed E-state index contributed by atoms with van der Waals surface area (Å²) in [6.07, 6.45) is 0.208. The van der Waals surface area contributed by atoms with Crippen LogP contribution in [0.5, 0.6) is 0 Å². The minimum atomic E-state index is -1.10. The Labute approximate surface area is 129 Å². The van der Waals surface area contributed by atoms with Gasteiger partial charge in [-0.05, 0) is 5.56 Å². The quantitative estimate of drug-likeness (QED) is 0.584. The van der Waals surface area contributed by atoms with Gasteiger partial charge in [-0.3, -0.25) is 4.79 Å². The molecule has 0 aliphatic heterocycles. The molecule has 0 aliphatic carbocycles. The lowest BCUT2D eigenvalue weighted by Gasteiger charge is -2.17. The van der Waals surface area contributed by atoms with Crippen molar-refractivity contribution in [3.8, 4) is 0 Å². The molecule has 1 rings (SSSR count). The molecule has 6 N–H and O–H groups in total. The largest absolute Gasteiger partial charge is 0.480 e. The SMILES string of the molecule is Cl.Cl.NC[C@@H](N)C(=O)N[C@@H](Cc1ccccc1)C(=O)O. The number of nitrogens with one attached hydrogen (secondary N) is 1. The van der Waals surface area contributed by atoms with Gasteiger partial charge in [-0.15, -0.1) is 24.8 Å². The van der Waals surface area contributed by atoms with Crippen molar-refractivity contribution in [1.82, 2.24) is 5.32 Å². The van der Waals surface area contributed by atoms with E-state index in [9.17, 15) is 9.59 Å². The van der Waals surface area contributed by atoms with Crippen molar-refractivity contribution < 1.29 is 14.7 Å². The molecule has 0 aromatic heterocycles. The molecule has 20 heavy (non-hydrogen) atoms. The lowest BCUT2D eigenvalue weighted by Crippen LogP contribution is -2.51. The molecule has 6 nitrogen and oxygen atoms in total. The van der Waals surface area contributed by atoms with Gasteiger partial charge >= 0.3 is 5.97 Å². The molecule has 0 bridgehead atoms. The van der Waals surface area contributed by atoms with Crippen molar-refractivity contribution in [2.75, 3.05) is 6.54 Å². The number of hydrogen-bond acceptors (Lipinski definition) is 4. The van der Waals surface area contributed by atoms with Gasteiger partial charge in [0.1, 0.15) is 6.04 Å². The second kappa shape index (κ2) is 10.4. The Bertz CT molecular complexity index is 418. The van der Waals surface area contributed by atoms with Crippen molar-refractivity contribution in [2.24, 2.45) is 11.5 Å². The van der Waals surface area contributed by atoms with Gasteiger partial charge in [-0.2, -0.15) is 0 Å². The number of carboxylic acid groups (broad SMARTS) is 1. The predicted octanol–water partition coefficient (Wildman–Crippen LogP) is -0.0719. The van der Waals surface area contributed by atoms with Gasteiger partial charge in [-0.1, -0.05) is 30.3 Å². The molecule has 0 fully saturated rings. The number of carbonyl (C=O) groups is 2. The molecule has 0 saturated carbocycles. The van der Waals surface area contributed by atoms with E-state index in [2.05, 4.69) is 5.32 Å². The van der Waals surface area contributed by atoms with Gasteiger partial charge in [0, 0.05) is 13.0 Å². The molecule has 114 valence electrons. The Morgan fingerprint density at radius 1 is 1.20 bits per heavy atom. The zero-order valence-electron chi connectivity index (χ0n) is 10.7. The van der Waals surface area contributed by atoms with Crippen LogP contribution in [0.4, 0.5) is 0 Å². The first-order valence-electron chi connectivity index (χ1n) is 5.57. The molecule has 0 heterocycles. The fourth-order valence-electron chi connectivity index (χ4n) is 1.44. The van der Waals surface area contributed by atoms with Gasteiger partial charge in [0.2, 0.25) is 5.91 Å². The van der Waals surface area contributed by atoms with Crippen LogP contribution >= 0.6 is 24.8 Å². The average molecular weight is 324 g/mol. The fourth-order valence-corrected chi connectivity index (χ4v) is 1.44. The summed E-state index contributed by atoms with van der Waals surface area (Å²) in [5, 5.41) is 11.4. The summed E-state index contributed by atoms with van der Waals surface area (Å²) < 4.78 is 0. The summed E-state index contributed by atoms with van der Waals surface area (Å²) in [4.78, 5) is 22.6. The number of aliphatic carboxylic acids is 1. The van der Waals surface area contributed by atoms with E-state index in [-0.39, 0.29) is 37.8 Å². The van der Waals surface area contributed by atoms with Crippen LogP contribution in [0.3, 0.4) is 0 Å². The van der Waals surface area contributed by atoms with Crippen LogP contribution in [-0.2, 0) is 16.0 Å². The van der Waals surface area contributed by atoms with E-state index in [0.717, 1.165) is 5.56 Å². The minimum Gasteiger partial charge on any atom is -0.480 e. The van der Waals surface area contributed by atoms with Crippen LogP contribution in [0.25, 0.3) is 0 Å². The number of hydrogen-bond donors (Lipinski definition) is 4. The molecule has 2 atom stereocenters. The fraction of sp³-hybridized carbons (Fsp3) is 0.333. The highest BCUT2D eigenvalue weighted by Gasteiger charge is 2.22. The van der Waals surface area contributed by atoms with Crippen LogP contribution in [0, 0.1) is 0 Å². The molecular weight excluding hydrogens is 305 g/mol. The highest BCUT2D eigenvalue weighted by Crippen LogP contribution is 2.03. The maximum absolute atomic E-state index is 11.5. The third-order valence-corrected chi connectivity index (χ3v) is 2.49. The summed E-state index contributed by atoms with van der Waals surface area (Å²) in [6, 6.07) is 7.15. The molecule has 0 radical (unpaired) electrons. The van der Waals surface area contributed by atoms with E-state index >= 15 is 0 Å². The van der Waals surface area contributed by atoms with Crippen LogP contribution in [0.1, 0.15) is 5.56 Å². The average Bonchev–Trinajstić information content (AvgIpc) is 2.37. The van der Waals surface area contributed by atoms with Crippen LogP contribution in [0.2, 0.25) is 0 Å². The predicted molar refractivity (Wildman–Crippen MR) is 81.2 cm³/mol. The monoisotopic (exact) mass is 323 g/mol. The molecule has 1 amide bonds. The molecule has 1 aromatic rings. The van der Waals surface area contributed by atoms with Gasteiger partial charge in [-0.25, -0.2) is 4.79 Å². The maximum atomic E-state index is 11.5. The molecular formula is C12H19Cl2N3O3. The van der Waals surface area contributed by atoms with Crippen molar-refractivity contribution in [3.05, 3.63) is 35.9 Å². The van der Waals surface area contributed by atoms with Crippen molar-refractivity contribution in [1.29, 1.82) is 0 Å². The lowest BCUT2D eigenvalue weighted by molar-refractivity contribution is -0.141. The molecule has 1 aromatic carbocycles. The minimum absolute atomic E-state index is 0. The van der Waals surface area contributed by atoms with Gasteiger partial charge in [0.05, 0.1) is 6.04 Å². The van der Waals surface area contributed by atoms with Gasteiger partial charge in [0.15, 0.2) is 0 Å². The Morgan fingerprint density at radius 3 is 2.20 bits per heavy atom. The van der Waals surface area contributed by atoms with E-state index in [0.29, 0.717) is 0 Å². The normalized spacial score (nSPS) is 12.3. The third kappa shape index (κ3) is 6.72. The summed E-state index contributed by atoms with van der Waals surface area (Å²) in [5.74, 6) is -1.66. The van der Waals surface area contributed by atoms with E-state index in [4.69, 9.17) is 16.6 Å². The van der Waals surface area contributed by atoms with E-state index in [1.807, 2.05) is 18.2 Å². The first-order chi connectivity index (χ1) is 8.54. The maximum Gasteiger partial charge on any atom is 0.326 e. The van der Waals surface area contributed by atoms with Crippen LogP contribution < -0.4 is 16.8 Å². The van der Waals surface area contributed by atoms with Crippen LogP contribution in [-0.4, -0.2) is 35.6 Å². The zero-order valence-corrected chi connectivity index (χ0v) is 12.3. The molecule has 8 heteroatoms. The molecule has 0 aliphatic rings. The number of halogens is 2. The number of nitrogens with two attached hydrogens (primary N) is 2. The topological polar surface area (TPSA) is 118 Å².